The van der Waals surface area contributed by atoms with E-state index < -0.39 is 0 Å². The highest BCUT2D eigenvalue weighted by atomic mass is 79.9. The maximum absolute atomic E-state index is 5.52. The molecule has 0 aliphatic carbocycles. The lowest BCUT2D eigenvalue weighted by Crippen LogP contribution is -2.47. The molecular formula is C20H23BrN2O3. The maximum Gasteiger partial charge on any atom is 0.231 e. The van der Waals surface area contributed by atoms with Gasteiger partial charge in [-0.15, -0.1) is 0 Å². The van der Waals surface area contributed by atoms with Gasteiger partial charge in [-0.25, -0.2) is 0 Å². The molecule has 1 atom stereocenters. The molecule has 1 saturated heterocycles. The molecule has 2 aromatic carbocycles. The Hall–Kier alpha value is -1.92. The van der Waals surface area contributed by atoms with Crippen LogP contribution in [0.3, 0.4) is 0 Å². The molecule has 6 heteroatoms. The number of anilines is 1. The van der Waals surface area contributed by atoms with Gasteiger partial charge in [-0.05, 0) is 52.7 Å². The average Bonchev–Trinajstić information content (AvgIpc) is 3.16. The van der Waals surface area contributed by atoms with E-state index in [9.17, 15) is 0 Å². The van der Waals surface area contributed by atoms with Crippen molar-refractivity contribution in [3.8, 4) is 17.2 Å². The Morgan fingerprint density at radius 2 is 1.77 bits per heavy atom. The summed E-state index contributed by atoms with van der Waals surface area (Å²) in [7, 11) is 1.70. The van der Waals surface area contributed by atoms with E-state index in [0.717, 1.165) is 47.9 Å². The van der Waals surface area contributed by atoms with Crippen LogP contribution >= 0.6 is 15.9 Å². The van der Waals surface area contributed by atoms with Crippen LogP contribution in [0.2, 0.25) is 0 Å². The number of ether oxygens (including phenoxy) is 3. The summed E-state index contributed by atoms with van der Waals surface area (Å²) in [6, 6.07) is 12.9. The van der Waals surface area contributed by atoms with Gasteiger partial charge in [0.1, 0.15) is 5.75 Å². The third-order valence-electron chi connectivity index (χ3n) is 5.24. The minimum Gasteiger partial charge on any atom is -0.495 e. The van der Waals surface area contributed by atoms with Crippen LogP contribution in [-0.4, -0.2) is 45.0 Å². The van der Waals surface area contributed by atoms with Gasteiger partial charge in [-0.1, -0.05) is 6.07 Å². The zero-order valence-electron chi connectivity index (χ0n) is 15.1. The highest BCUT2D eigenvalue weighted by Gasteiger charge is 2.24. The number of nitrogens with zero attached hydrogens (tertiary/aromatic N) is 2. The summed E-state index contributed by atoms with van der Waals surface area (Å²) in [5, 5.41) is 0. The molecule has 138 valence electrons. The molecule has 2 aliphatic rings. The fraction of sp³-hybridized carbons (Fsp3) is 0.400. The largest absolute Gasteiger partial charge is 0.495 e. The predicted molar refractivity (Wildman–Crippen MR) is 105 cm³/mol. The van der Waals surface area contributed by atoms with Gasteiger partial charge >= 0.3 is 0 Å². The minimum atomic E-state index is 0.322. The molecule has 0 bridgehead atoms. The number of halogens is 1. The van der Waals surface area contributed by atoms with Crippen molar-refractivity contribution in [1.82, 2.24) is 4.90 Å². The van der Waals surface area contributed by atoms with Gasteiger partial charge < -0.3 is 19.1 Å². The lowest BCUT2D eigenvalue weighted by molar-refractivity contribution is 0.173. The lowest BCUT2D eigenvalue weighted by Gasteiger charge is -2.39. The second kappa shape index (κ2) is 7.37. The fourth-order valence-corrected chi connectivity index (χ4v) is 4.00. The van der Waals surface area contributed by atoms with Crippen molar-refractivity contribution in [2.24, 2.45) is 0 Å². The smallest absolute Gasteiger partial charge is 0.231 e. The summed E-state index contributed by atoms with van der Waals surface area (Å²) in [5.74, 6) is 2.57. The van der Waals surface area contributed by atoms with Crippen LogP contribution in [0.25, 0.3) is 0 Å². The van der Waals surface area contributed by atoms with Gasteiger partial charge in [0.25, 0.3) is 0 Å². The van der Waals surface area contributed by atoms with Gasteiger partial charge in [0.2, 0.25) is 6.79 Å². The van der Waals surface area contributed by atoms with E-state index in [1.54, 1.807) is 7.11 Å². The van der Waals surface area contributed by atoms with Gasteiger partial charge in [-0.3, -0.25) is 4.90 Å². The van der Waals surface area contributed by atoms with E-state index in [4.69, 9.17) is 14.2 Å². The van der Waals surface area contributed by atoms with Crippen molar-refractivity contribution in [2.45, 2.75) is 13.0 Å². The van der Waals surface area contributed by atoms with Crippen LogP contribution in [0.4, 0.5) is 5.69 Å². The number of piperazine rings is 1. The first kappa shape index (κ1) is 17.5. The Balaban J connectivity index is 1.41. The molecule has 0 radical (unpaired) electrons. The molecule has 0 aromatic heterocycles. The summed E-state index contributed by atoms with van der Waals surface area (Å²) >= 11 is 3.52. The van der Waals surface area contributed by atoms with Crippen LogP contribution in [-0.2, 0) is 0 Å². The standard InChI is InChI=1S/C20H23BrN2O3/c1-14(15-3-6-18-20(11-15)26-13-25-18)22-7-9-23(10-8-22)16-4-5-17(21)19(12-16)24-2/h3-6,11-12,14H,7-10,13H2,1-2H3. The van der Waals surface area contributed by atoms with Crippen molar-refractivity contribution < 1.29 is 14.2 Å². The van der Waals surface area contributed by atoms with Crippen LogP contribution in [0.5, 0.6) is 17.2 Å². The number of methoxy groups -OCH3 is 1. The lowest BCUT2D eigenvalue weighted by atomic mass is 10.1. The first-order valence-corrected chi connectivity index (χ1v) is 9.67. The number of rotatable bonds is 4. The van der Waals surface area contributed by atoms with Crippen LogP contribution < -0.4 is 19.1 Å². The van der Waals surface area contributed by atoms with Gasteiger partial charge in [-0.2, -0.15) is 0 Å². The van der Waals surface area contributed by atoms with Crippen molar-refractivity contribution in [2.75, 3.05) is 45.0 Å². The molecular weight excluding hydrogens is 396 g/mol. The summed E-state index contributed by atoms with van der Waals surface area (Å²) in [6.45, 7) is 6.62. The average molecular weight is 419 g/mol. The van der Waals surface area contributed by atoms with Crippen LogP contribution in [0.1, 0.15) is 18.5 Å². The molecule has 0 N–H and O–H groups in total. The Morgan fingerprint density at radius 1 is 1.00 bits per heavy atom. The summed E-state index contributed by atoms with van der Waals surface area (Å²) in [4.78, 5) is 4.93. The van der Waals surface area contributed by atoms with Crippen molar-refractivity contribution in [3.05, 3.63) is 46.4 Å². The molecule has 2 aliphatic heterocycles. The fourth-order valence-electron chi connectivity index (χ4n) is 3.60. The first-order valence-electron chi connectivity index (χ1n) is 8.88. The Bertz CT molecular complexity index is 791. The van der Waals surface area contributed by atoms with E-state index >= 15 is 0 Å². The van der Waals surface area contributed by atoms with Crippen molar-refractivity contribution in [3.63, 3.8) is 0 Å². The number of hydrogen-bond acceptors (Lipinski definition) is 5. The molecule has 1 unspecified atom stereocenters. The van der Waals surface area contributed by atoms with Gasteiger partial charge in [0, 0.05) is 44.0 Å². The van der Waals surface area contributed by atoms with Crippen molar-refractivity contribution in [1.29, 1.82) is 0 Å². The quantitative estimate of drug-likeness (QED) is 0.747. The molecule has 4 rings (SSSR count). The summed E-state index contributed by atoms with van der Waals surface area (Å²) < 4.78 is 17.3. The zero-order valence-corrected chi connectivity index (χ0v) is 16.7. The molecule has 0 spiro atoms. The highest BCUT2D eigenvalue weighted by molar-refractivity contribution is 9.10. The molecule has 0 amide bonds. The number of fused-ring (bicyclic) bond motifs is 1. The summed E-state index contributed by atoms with van der Waals surface area (Å²) in [5.41, 5.74) is 2.48. The maximum atomic E-state index is 5.52. The molecule has 2 heterocycles. The SMILES string of the molecule is COc1cc(N2CCN(C(C)c3ccc4c(c3)OCO4)CC2)ccc1Br. The molecule has 5 nitrogen and oxygen atoms in total. The van der Waals surface area contributed by atoms with E-state index in [0.29, 0.717) is 12.8 Å². The second-order valence-electron chi connectivity index (χ2n) is 6.63. The predicted octanol–water partition coefficient (Wildman–Crippen LogP) is 4.07. The van der Waals surface area contributed by atoms with E-state index in [1.165, 1.54) is 11.3 Å². The first-order chi connectivity index (χ1) is 12.7. The molecule has 1 fully saturated rings. The number of benzene rings is 2. The second-order valence-corrected chi connectivity index (χ2v) is 7.48. The minimum absolute atomic E-state index is 0.322. The molecule has 2 aromatic rings. The van der Waals surface area contributed by atoms with Crippen LogP contribution in [0, 0.1) is 0 Å². The van der Waals surface area contributed by atoms with E-state index in [1.807, 2.05) is 6.07 Å². The third kappa shape index (κ3) is 3.35. The number of hydrogen-bond donors (Lipinski definition) is 0. The monoisotopic (exact) mass is 418 g/mol. The Labute approximate surface area is 162 Å². The van der Waals surface area contributed by atoms with Crippen molar-refractivity contribution >= 4 is 21.6 Å². The Kier molecular flexibility index (Phi) is 4.96. The van der Waals surface area contributed by atoms with Gasteiger partial charge in [0.05, 0.1) is 11.6 Å². The summed E-state index contributed by atoms with van der Waals surface area (Å²) in [6.07, 6.45) is 0. The zero-order chi connectivity index (χ0) is 18.1. The third-order valence-corrected chi connectivity index (χ3v) is 5.90. The highest BCUT2D eigenvalue weighted by Crippen LogP contribution is 2.36. The molecule has 26 heavy (non-hydrogen) atoms. The Morgan fingerprint density at radius 3 is 2.54 bits per heavy atom. The van der Waals surface area contributed by atoms with Gasteiger partial charge in [0.15, 0.2) is 11.5 Å². The molecule has 0 saturated carbocycles. The topological polar surface area (TPSA) is 34.2 Å². The van der Waals surface area contributed by atoms with Crippen LogP contribution in [0.15, 0.2) is 40.9 Å². The van der Waals surface area contributed by atoms with E-state index in [2.05, 4.69) is 63.0 Å². The van der Waals surface area contributed by atoms with E-state index in [-0.39, 0.29) is 0 Å². The normalized spacial score (nSPS) is 18.0.